The highest BCUT2D eigenvalue weighted by molar-refractivity contribution is 6.60. The van der Waals surface area contributed by atoms with Gasteiger partial charge in [0.15, 0.2) is 0 Å². The highest BCUT2D eigenvalue weighted by Crippen LogP contribution is 2.36. The number of hydrogen-bond acceptors (Lipinski definition) is 4. The van der Waals surface area contributed by atoms with E-state index in [-0.39, 0.29) is 0 Å². The number of hydrogen-bond donors (Lipinski definition) is 1. The predicted octanol–water partition coefficient (Wildman–Crippen LogP) is 6.01. The van der Waals surface area contributed by atoms with Crippen LogP contribution in [0.4, 0.5) is 0 Å². The molecule has 0 saturated carbocycles. The fourth-order valence-electron chi connectivity index (χ4n) is 4.45. The van der Waals surface area contributed by atoms with Gasteiger partial charge in [-0.25, -0.2) is 0 Å². The van der Waals surface area contributed by atoms with Crippen LogP contribution in [0.3, 0.4) is 0 Å². The average molecular weight is 464 g/mol. The maximum absolute atomic E-state index is 6.06. The Balaban J connectivity index is 1.92. The van der Waals surface area contributed by atoms with Crippen LogP contribution in [-0.2, 0) is 18.8 Å². The summed E-state index contributed by atoms with van der Waals surface area (Å²) >= 11 is 0. The van der Waals surface area contributed by atoms with Crippen molar-refractivity contribution in [3.63, 3.8) is 0 Å². The summed E-state index contributed by atoms with van der Waals surface area (Å²) in [6.07, 6.45) is 0.889. The Kier molecular flexibility index (Phi) is 9.85. The highest BCUT2D eigenvalue weighted by Gasteiger charge is 2.40. The van der Waals surface area contributed by atoms with E-state index in [4.69, 9.17) is 13.3 Å². The standard InChI is InChI=1S/C28H37NO3Si/c1-4-30-33(31-5-2,32-6-3)24-16-23-29-28(25-17-10-7-11-18-25,26-19-12-8-13-20-26)27-21-14-9-15-22-27/h7-15,17-22,29H,4-6,16,23-24H2,1-3H3. The monoisotopic (exact) mass is 463 g/mol. The molecule has 5 heteroatoms. The molecule has 0 radical (unpaired) electrons. The first-order chi connectivity index (χ1) is 16.2. The summed E-state index contributed by atoms with van der Waals surface area (Å²) in [5.74, 6) is 0. The summed E-state index contributed by atoms with van der Waals surface area (Å²) in [6, 6.07) is 32.8. The molecule has 3 rings (SSSR count). The van der Waals surface area contributed by atoms with E-state index in [1.54, 1.807) is 0 Å². The molecule has 0 aliphatic carbocycles. The lowest BCUT2D eigenvalue weighted by Gasteiger charge is -2.37. The van der Waals surface area contributed by atoms with Gasteiger partial charge in [-0.1, -0.05) is 91.0 Å². The van der Waals surface area contributed by atoms with Gasteiger partial charge in [-0.3, -0.25) is 0 Å². The Morgan fingerprint density at radius 1 is 0.606 bits per heavy atom. The first-order valence-electron chi connectivity index (χ1n) is 12.0. The summed E-state index contributed by atoms with van der Waals surface area (Å²) in [5, 5.41) is 3.94. The zero-order chi connectivity index (χ0) is 23.4. The van der Waals surface area contributed by atoms with Gasteiger partial charge in [0.1, 0.15) is 0 Å². The molecule has 0 heterocycles. The zero-order valence-electron chi connectivity index (χ0n) is 20.1. The third kappa shape index (κ3) is 6.19. The first kappa shape index (κ1) is 25.3. The first-order valence-corrected chi connectivity index (χ1v) is 14.0. The molecule has 0 bridgehead atoms. The molecule has 0 aromatic heterocycles. The smallest absolute Gasteiger partial charge is 0.374 e. The van der Waals surface area contributed by atoms with E-state index in [2.05, 4.69) is 96.3 Å². The van der Waals surface area contributed by atoms with Gasteiger partial charge in [0, 0.05) is 25.9 Å². The second-order valence-electron chi connectivity index (χ2n) is 7.86. The SMILES string of the molecule is CCO[Si](CCCNC(c1ccccc1)(c1ccccc1)c1ccccc1)(OCC)OCC. The molecule has 3 aromatic rings. The number of benzene rings is 3. The van der Waals surface area contributed by atoms with Gasteiger partial charge in [0.2, 0.25) is 0 Å². The minimum absolute atomic E-state index is 0.461. The van der Waals surface area contributed by atoms with Crippen LogP contribution < -0.4 is 5.32 Å². The van der Waals surface area contributed by atoms with Crippen molar-refractivity contribution in [3.8, 4) is 0 Å². The van der Waals surface area contributed by atoms with Crippen LogP contribution in [0, 0.1) is 0 Å². The van der Waals surface area contributed by atoms with Crippen molar-refractivity contribution in [1.29, 1.82) is 0 Å². The quantitative estimate of drug-likeness (QED) is 0.181. The van der Waals surface area contributed by atoms with Gasteiger partial charge in [-0.05, 0) is 50.4 Å². The minimum atomic E-state index is -2.67. The topological polar surface area (TPSA) is 39.7 Å². The molecule has 1 N–H and O–H groups in total. The van der Waals surface area contributed by atoms with Gasteiger partial charge in [0.05, 0.1) is 5.54 Å². The van der Waals surface area contributed by atoms with E-state index in [9.17, 15) is 0 Å². The lowest BCUT2D eigenvalue weighted by molar-refractivity contribution is 0.0707. The van der Waals surface area contributed by atoms with Crippen molar-refractivity contribution < 1.29 is 13.3 Å². The summed E-state index contributed by atoms with van der Waals surface area (Å²) < 4.78 is 18.2. The van der Waals surface area contributed by atoms with E-state index in [1.807, 2.05) is 20.8 Å². The number of nitrogens with one attached hydrogen (secondary N) is 1. The third-order valence-corrected chi connectivity index (χ3v) is 8.91. The molecule has 33 heavy (non-hydrogen) atoms. The van der Waals surface area contributed by atoms with Crippen molar-refractivity contribution in [2.24, 2.45) is 0 Å². The molecule has 0 saturated heterocycles. The van der Waals surface area contributed by atoms with Gasteiger partial charge in [0.25, 0.3) is 0 Å². The van der Waals surface area contributed by atoms with Crippen LogP contribution in [-0.4, -0.2) is 35.2 Å². The maximum atomic E-state index is 6.06. The minimum Gasteiger partial charge on any atom is -0.374 e. The molecule has 176 valence electrons. The maximum Gasteiger partial charge on any atom is 0.500 e. The Labute approximate surface area is 200 Å². The molecule has 0 aliphatic heterocycles. The normalized spacial score (nSPS) is 12.1. The summed E-state index contributed by atoms with van der Waals surface area (Å²) in [7, 11) is -2.67. The van der Waals surface area contributed by atoms with E-state index in [0.29, 0.717) is 19.8 Å². The predicted molar refractivity (Wildman–Crippen MR) is 137 cm³/mol. The lowest BCUT2D eigenvalue weighted by Crippen LogP contribution is -2.48. The molecular formula is C28H37NO3Si. The van der Waals surface area contributed by atoms with Crippen molar-refractivity contribution >= 4 is 8.80 Å². The van der Waals surface area contributed by atoms with Crippen LogP contribution in [0.15, 0.2) is 91.0 Å². The molecule has 0 aliphatic rings. The molecule has 0 atom stereocenters. The van der Waals surface area contributed by atoms with E-state index in [1.165, 1.54) is 16.7 Å². The van der Waals surface area contributed by atoms with Crippen LogP contribution >= 0.6 is 0 Å². The average Bonchev–Trinajstić information content (AvgIpc) is 2.86. The highest BCUT2D eigenvalue weighted by atomic mass is 28.4. The lowest BCUT2D eigenvalue weighted by atomic mass is 9.77. The largest absolute Gasteiger partial charge is 0.500 e. The van der Waals surface area contributed by atoms with E-state index in [0.717, 1.165) is 19.0 Å². The Morgan fingerprint density at radius 2 is 0.970 bits per heavy atom. The molecule has 3 aromatic carbocycles. The second-order valence-corrected chi connectivity index (χ2v) is 10.6. The number of rotatable bonds is 14. The zero-order valence-corrected chi connectivity index (χ0v) is 21.1. The van der Waals surface area contributed by atoms with E-state index >= 15 is 0 Å². The molecule has 0 amide bonds. The Hall–Kier alpha value is -2.28. The molecule has 4 nitrogen and oxygen atoms in total. The van der Waals surface area contributed by atoms with Crippen LogP contribution in [0.25, 0.3) is 0 Å². The summed E-state index contributed by atoms with van der Waals surface area (Å²) in [4.78, 5) is 0. The summed E-state index contributed by atoms with van der Waals surface area (Å²) in [5.41, 5.74) is 3.18. The van der Waals surface area contributed by atoms with Crippen molar-refractivity contribution in [2.75, 3.05) is 26.4 Å². The van der Waals surface area contributed by atoms with Gasteiger partial charge < -0.3 is 18.6 Å². The molecule has 0 spiro atoms. The van der Waals surface area contributed by atoms with Crippen LogP contribution in [0.1, 0.15) is 43.9 Å². The second kappa shape index (κ2) is 12.8. The van der Waals surface area contributed by atoms with Crippen LogP contribution in [0.5, 0.6) is 0 Å². The fourth-order valence-corrected chi connectivity index (χ4v) is 7.06. The van der Waals surface area contributed by atoms with Gasteiger partial charge in [-0.2, -0.15) is 0 Å². The van der Waals surface area contributed by atoms with Gasteiger partial charge in [-0.15, -0.1) is 0 Å². The molecule has 0 fully saturated rings. The Morgan fingerprint density at radius 3 is 1.30 bits per heavy atom. The van der Waals surface area contributed by atoms with Crippen LogP contribution in [0.2, 0.25) is 6.04 Å². The van der Waals surface area contributed by atoms with Crippen molar-refractivity contribution in [2.45, 2.75) is 38.8 Å². The van der Waals surface area contributed by atoms with Crippen molar-refractivity contribution in [1.82, 2.24) is 5.32 Å². The van der Waals surface area contributed by atoms with E-state index < -0.39 is 14.3 Å². The fraction of sp³-hybridized carbons (Fsp3) is 0.357. The molecule has 0 unspecified atom stereocenters. The van der Waals surface area contributed by atoms with Crippen molar-refractivity contribution in [3.05, 3.63) is 108 Å². The molecular weight excluding hydrogens is 426 g/mol. The Bertz CT molecular complexity index is 808. The summed E-state index contributed by atoms with van der Waals surface area (Å²) in [6.45, 7) is 8.60. The third-order valence-electron chi connectivity index (χ3n) is 5.76. The van der Waals surface area contributed by atoms with Gasteiger partial charge >= 0.3 is 8.80 Å².